The Morgan fingerprint density at radius 1 is 1.48 bits per heavy atom. The number of anilines is 1. The summed E-state index contributed by atoms with van der Waals surface area (Å²) < 4.78 is 1.76. The maximum atomic E-state index is 12.2. The third kappa shape index (κ3) is 3.83. The fourth-order valence-corrected chi connectivity index (χ4v) is 2.38. The van der Waals surface area contributed by atoms with Gasteiger partial charge < -0.3 is 15.6 Å². The Morgan fingerprint density at radius 2 is 2.24 bits per heavy atom. The van der Waals surface area contributed by atoms with Crippen molar-refractivity contribution in [1.82, 2.24) is 9.55 Å². The Morgan fingerprint density at radius 3 is 2.86 bits per heavy atom. The number of imidazole rings is 1. The number of benzene rings is 1. The highest BCUT2D eigenvalue weighted by Gasteiger charge is 2.17. The number of rotatable bonds is 5. The second-order valence-electron chi connectivity index (χ2n) is 5.33. The number of hydrogen-bond donors (Lipinski definition) is 2. The van der Waals surface area contributed by atoms with Gasteiger partial charge in [-0.15, -0.1) is 0 Å². The van der Waals surface area contributed by atoms with Gasteiger partial charge >= 0.3 is 0 Å². The molecule has 21 heavy (non-hydrogen) atoms. The summed E-state index contributed by atoms with van der Waals surface area (Å²) in [5.74, 6) is 0.144. The van der Waals surface area contributed by atoms with E-state index in [1.807, 2.05) is 13.8 Å². The molecule has 5 nitrogen and oxygen atoms in total. The van der Waals surface area contributed by atoms with E-state index in [-0.39, 0.29) is 5.91 Å². The van der Waals surface area contributed by atoms with Crippen LogP contribution in [0.1, 0.15) is 20.3 Å². The van der Waals surface area contributed by atoms with E-state index in [4.69, 9.17) is 17.3 Å². The molecular formula is C15H19ClN4O. The van der Waals surface area contributed by atoms with Crippen LogP contribution >= 0.6 is 11.6 Å². The average molecular weight is 307 g/mol. The lowest BCUT2D eigenvalue weighted by atomic mass is 10.0. The Labute approximate surface area is 129 Å². The monoisotopic (exact) mass is 306 g/mol. The van der Waals surface area contributed by atoms with Crippen molar-refractivity contribution in [3.63, 3.8) is 0 Å². The minimum atomic E-state index is -0.542. The summed E-state index contributed by atoms with van der Waals surface area (Å²) in [5.41, 5.74) is 7.21. The van der Waals surface area contributed by atoms with Gasteiger partial charge in [0.15, 0.2) is 0 Å². The molecule has 1 aromatic carbocycles. The first-order valence-corrected chi connectivity index (χ1v) is 7.20. The fourth-order valence-electron chi connectivity index (χ4n) is 2.11. The standard InChI is InChI=1S/C15H19ClN4O/c1-10(2)8-12(17)15(21)19-13-5-3-4-11(16)14(13)20-7-6-18-9-20/h3-7,9-10,12H,8,17H2,1-2H3,(H,19,21)/t12-/m0/s1. The first kappa shape index (κ1) is 15.5. The smallest absolute Gasteiger partial charge is 0.241 e. The van der Waals surface area contributed by atoms with Gasteiger partial charge in [-0.05, 0) is 24.5 Å². The lowest BCUT2D eigenvalue weighted by Gasteiger charge is -2.17. The molecule has 3 N–H and O–H groups in total. The summed E-state index contributed by atoms with van der Waals surface area (Å²) in [6, 6.07) is 4.80. The molecule has 0 aliphatic heterocycles. The Balaban J connectivity index is 2.25. The molecule has 0 bridgehead atoms. The van der Waals surface area contributed by atoms with Gasteiger partial charge in [-0.3, -0.25) is 4.79 Å². The van der Waals surface area contributed by atoms with Crippen LogP contribution in [0.4, 0.5) is 5.69 Å². The van der Waals surface area contributed by atoms with Gasteiger partial charge in [-0.2, -0.15) is 0 Å². The van der Waals surface area contributed by atoms with Crippen molar-refractivity contribution < 1.29 is 4.79 Å². The highest BCUT2D eigenvalue weighted by Crippen LogP contribution is 2.28. The Kier molecular flexibility index (Phi) is 4.98. The van der Waals surface area contributed by atoms with E-state index in [2.05, 4.69) is 10.3 Å². The van der Waals surface area contributed by atoms with E-state index in [1.165, 1.54) is 0 Å². The minimum Gasteiger partial charge on any atom is -0.323 e. The third-order valence-electron chi connectivity index (χ3n) is 3.07. The second-order valence-corrected chi connectivity index (χ2v) is 5.74. The van der Waals surface area contributed by atoms with Crippen LogP contribution in [0.5, 0.6) is 0 Å². The van der Waals surface area contributed by atoms with Gasteiger partial charge in [-0.25, -0.2) is 4.98 Å². The van der Waals surface area contributed by atoms with Crippen LogP contribution in [0.3, 0.4) is 0 Å². The number of nitrogens with zero attached hydrogens (tertiary/aromatic N) is 2. The third-order valence-corrected chi connectivity index (χ3v) is 3.37. The van der Waals surface area contributed by atoms with Crippen molar-refractivity contribution in [2.45, 2.75) is 26.3 Å². The van der Waals surface area contributed by atoms with Crippen molar-refractivity contribution in [3.05, 3.63) is 41.9 Å². The van der Waals surface area contributed by atoms with Crippen LogP contribution in [0.25, 0.3) is 5.69 Å². The lowest BCUT2D eigenvalue weighted by Crippen LogP contribution is -2.36. The summed E-state index contributed by atoms with van der Waals surface area (Å²) in [5, 5.41) is 3.38. The largest absolute Gasteiger partial charge is 0.323 e. The second kappa shape index (κ2) is 6.74. The van der Waals surface area contributed by atoms with E-state index >= 15 is 0 Å². The van der Waals surface area contributed by atoms with Gasteiger partial charge in [0.25, 0.3) is 0 Å². The zero-order valence-electron chi connectivity index (χ0n) is 12.1. The minimum absolute atomic E-state index is 0.215. The first-order valence-electron chi connectivity index (χ1n) is 6.82. The molecule has 0 aliphatic carbocycles. The van der Waals surface area contributed by atoms with E-state index in [1.54, 1.807) is 41.5 Å². The van der Waals surface area contributed by atoms with E-state index in [0.29, 0.717) is 28.7 Å². The molecule has 0 aliphatic rings. The van der Waals surface area contributed by atoms with Crippen molar-refractivity contribution >= 4 is 23.2 Å². The van der Waals surface area contributed by atoms with Crippen molar-refractivity contribution in [1.29, 1.82) is 0 Å². The fraction of sp³-hybridized carbons (Fsp3) is 0.333. The molecule has 2 aromatic rings. The molecule has 0 fully saturated rings. The zero-order valence-corrected chi connectivity index (χ0v) is 12.8. The van der Waals surface area contributed by atoms with E-state index in [9.17, 15) is 4.79 Å². The summed E-state index contributed by atoms with van der Waals surface area (Å²) in [7, 11) is 0. The van der Waals surface area contributed by atoms with Crippen LogP contribution < -0.4 is 11.1 Å². The number of carbonyl (C=O) groups is 1. The number of amides is 1. The molecule has 1 heterocycles. The predicted octanol–water partition coefficient (Wildman–Crippen LogP) is 2.84. The molecule has 0 saturated carbocycles. The Hall–Kier alpha value is -1.85. The SMILES string of the molecule is CC(C)C[C@H](N)C(=O)Nc1cccc(Cl)c1-n1ccnc1. The molecule has 0 saturated heterocycles. The number of aromatic nitrogens is 2. The molecule has 1 amide bonds. The maximum Gasteiger partial charge on any atom is 0.241 e. The number of halogens is 1. The van der Waals surface area contributed by atoms with Gasteiger partial charge in [0.1, 0.15) is 0 Å². The zero-order chi connectivity index (χ0) is 15.4. The van der Waals surface area contributed by atoms with Gasteiger partial charge in [-0.1, -0.05) is 31.5 Å². The van der Waals surface area contributed by atoms with Gasteiger partial charge in [0.2, 0.25) is 5.91 Å². The summed E-state index contributed by atoms with van der Waals surface area (Å²) in [4.78, 5) is 16.2. The molecule has 0 spiro atoms. The van der Waals surface area contributed by atoms with E-state index < -0.39 is 6.04 Å². The van der Waals surface area contributed by atoms with Gasteiger partial charge in [0.05, 0.1) is 28.8 Å². The van der Waals surface area contributed by atoms with Crippen LogP contribution in [-0.4, -0.2) is 21.5 Å². The Bertz CT molecular complexity index is 610. The normalized spacial score (nSPS) is 12.4. The quantitative estimate of drug-likeness (QED) is 0.892. The average Bonchev–Trinajstić information content (AvgIpc) is 2.91. The molecule has 0 unspecified atom stereocenters. The number of nitrogens with one attached hydrogen (secondary N) is 1. The van der Waals surface area contributed by atoms with Crippen LogP contribution in [0.2, 0.25) is 5.02 Å². The summed E-state index contributed by atoms with van der Waals surface area (Å²) in [6.07, 6.45) is 5.68. The lowest BCUT2D eigenvalue weighted by molar-refractivity contribution is -0.117. The number of carbonyl (C=O) groups excluding carboxylic acids is 1. The summed E-state index contributed by atoms with van der Waals surface area (Å²) in [6.45, 7) is 4.06. The molecule has 1 atom stereocenters. The number of para-hydroxylation sites is 1. The predicted molar refractivity (Wildman–Crippen MR) is 84.6 cm³/mol. The first-order chi connectivity index (χ1) is 9.99. The van der Waals surface area contributed by atoms with Crippen molar-refractivity contribution in [2.24, 2.45) is 11.7 Å². The van der Waals surface area contributed by atoms with Crippen LogP contribution in [-0.2, 0) is 4.79 Å². The molecule has 2 rings (SSSR count). The molecule has 0 radical (unpaired) electrons. The molecular weight excluding hydrogens is 288 g/mol. The highest BCUT2D eigenvalue weighted by molar-refractivity contribution is 6.33. The van der Waals surface area contributed by atoms with Crippen LogP contribution in [0.15, 0.2) is 36.9 Å². The van der Waals surface area contributed by atoms with Crippen LogP contribution in [0, 0.1) is 5.92 Å². The van der Waals surface area contributed by atoms with E-state index in [0.717, 1.165) is 0 Å². The van der Waals surface area contributed by atoms with Gasteiger partial charge in [0, 0.05) is 12.4 Å². The van der Waals surface area contributed by atoms with Crippen molar-refractivity contribution in [3.8, 4) is 5.69 Å². The molecule has 1 aromatic heterocycles. The number of nitrogens with two attached hydrogens (primary N) is 1. The maximum absolute atomic E-state index is 12.2. The molecule has 112 valence electrons. The highest BCUT2D eigenvalue weighted by atomic mass is 35.5. The number of hydrogen-bond acceptors (Lipinski definition) is 3. The topological polar surface area (TPSA) is 72.9 Å². The summed E-state index contributed by atoms with van der Waals surface area (Å²) >= 11 is 6.24. The van der Waals surface area contributed by atoms with Crippen molar-refractivity contribution in [2.75, 3.05) is 5.32 Å². The molecule has 6 heteroatoms.